The standard InChI is InChI=1S/C22H24ClN5O5S/c1-34(30,31)33-21(13-28-25-15-24-26-28)14-32-20-8-4-17(5-9-20)22(29)27-11-10-18(12-27)16-2-6-19(23)7-3-16/h2-9,15,18,21H,10-14H2,1H3/t18-,21?/m0/s1. The van der Waals surface area contributed by atoms with Crippen molar-refractivity contribution in [3.05, 3.63) is 71.0 Å². The molecule has 2 heterocycles. The van der Waals surface area contributed by atoms with Gasteiger partial charge in [0.05, 0.1) is 12.8 Å². The molecule has 2 aromatic carbocycles. The molecule has 0 bridgehead atoms. The lowest BCUT2D eigenvalue weighted by Crippen LogP contribution is -2.30. The van der Waals surface area contributed by atoms with Crippen molar-refractivity contribution in [2.24, 2.45) is 0 Å². The Morgan fingerprint density at radius 3 is 2.56 bits per heavy atom. The van der Waals surface area contributed by atoms with Gasteiger partial charge < -0.3 is 9.64 Å². The lowest BCUT2D eigenvalue weighted by atomic mass is 9.99. The van der Waals surface area contributed by atoms with Gasteiger partial charge in [-0.25, -0.2) is 0 Å². The molecule has 1 amide bonds. The predicted octanol–water partition coefficient (Wildman–Crippen LogP) is 2.38. The second-order valence-corrected chi connectivity index (χ2v) is 10.1. The van der Waals surface area contributed by atoms with Crippen molar-refractivity contribution in [1.82, 2.24) is 25.1 Å². The van der Waals surface area contributed by atoms with Crippen LogP contribution in [-0.4, -0.2) is 71.5 Å². The zero-order valence-corrected chi connectivity index (χ0v) is 20.0. The number of ether oxygens (including phenoxy) is 1. The first kappa shape index (κ1) is 24.1. The van der Waals surface area contributed by atoms with E-state index in [4.69, 9.17) is 20.5 Å². The summed E-state index contributed by atoms with van der Waals surface area (Å²) in [5, 5.41) is 11.9. The fourth-order valence-corrected chi connectivity index (χ4v) is 4.57. The number of halogens is 1. The molecule has 0 N–H and O–H groups in total. The maximum Gasteiger partial charge on any atom is 0.264 e. The van der Waals surface area contributed by atoms with Crippen LogP contribution >= 0.6 is 11.6 Å². The number of rotatable bonds is 9. The Bertz CT molecular complexity index is 1200. The molecule has 1 saturated heterocycles. The minimum atomic E-state index is -3.71. The van der Waals surface area contributed by atoms with Crippen LogP contribution in [0.25, 0.3) is 0 Å². The van der Waals surface area contributed by atoms with Crippen molar-refractivity contribution in [2.75, 3.05) is 26.0 Å². The van der Waals surface area contributed by atoms with Gasteiger partial charge in [-0.1, -0.05) is 23.7 Å². The largest absolute Gasteiger partial charge is 0.491 e. The summed E-state index contributed by atoms with van der Waals surface area (Å²) in [5.41, 5.74) is 1.73. The number of hydrogen-bond acceptors (Lipinski definition) is 8. The van der Waals surface area contributed by atoms with Crippen LogP contribution in [0.2, 0.25) is 5.02 Å². The molecule has 10 nitrogen and oxygen atoms in total. The van der Waals surface area contributed by atoms with Crippen LogP contribution in [0.1, 0.15) is 28.3 Å². The molecule has 0 radical (unpaired) electrons. The lowest BCUT2D eigenvalue weighted by molar-refractivity contribution is 0.0790. The van der Waals surface area contributed by atoms with Crippen molar-refractivity contribution < 1.29 is 22.1 Å². The van der Waals surface area contributed by atoms with E-state index in [0.717, 1.165) is 12.7 Å². The Balaban J connectivity index is 1.33. The van der Waals surface area contributed by atoms with Crippen LogP contribution in [0, 0.1) is 0 Å². The molecule has 0 aliphatic carbocycles. The third-order valence-corrected chi connectivity index (χ3v) is 6.30. The number of carbonyl (C=O) groups excluding carboxylic acids is 1. The van der Waals surface area contributed by atoms with E-state index >= 15 is 0 Å². The summed E-state index contributed by atoms with van der Waals surface area (Å²) in [5.74, 6) is 0.722. The second-order valence-electron chi connectivity index (χ2n) is 8.04. The van der Waals surface area contributed by atoms with Crippen LogP contribution in [0.4, 0.5) is 0 Å². The number of hydrogen-bond donors (Lipinski definition) is 0. The maximum absolute atomic E-state index is 12.9. The quantitative estimate of drug-likeness (QED) is 0.407. The summed E-state index contributed by atoms with van der Waals surface area (Å²) in [7, 11) is -3.71. The van der Waals surface area contributed by atoms with E-state index in [9.17, 15) is 13.2 Å². The Hall–Kier alpha value is -3.02. The van der Waals surface area contributed by atoms with Crippen molar-refractivity contribution in [3.63, 3.8) is 0 Å². The summed E-state index contributed by atoms with van der Waals surface area (Å²) >= 11 is 5.97. The van der Waals surface area contributed by atoms with Crippen LogP contribution in [0.3, 0.4) is 0 Å². The van der Waals surface area contributed by atoms with E-state index in [0.29, 0.717) is 29.4 Å². The lowest BCUT2D eigenvalue weighted by Gasteiger charge is -2.18. The van der Waals surface area contributed by atoms with Gasteiger partial charge in [0.2, 0.25) is 0 Å². The van der Waals surface area contributed by atoms with Crippen molar-refractivity contribution >= 4 is 27.6 Å². The molecule has 0 spiro atoms. The molecule has 1 aliphatic rings. The third kappa shape index (κ3) is 6.52. The van der Waals surface area contributed by atoms with E-state index < -0.39 is 16.2 Å². The smallest absolute Gasteiger partial charge is 0.264 e. The van der Waals surface area contributed by atoms with Gasteiger partial charge in [0.25, 0.3) is 16.0 Å². The Morgan fingerprint density at radius 2 is 1.91 bits per heavy atom. The van der Waals surface area contributed by atoms with Gasteiger partial charge in [0.15, 0.2) is 6.33 Å². The van der Waals surface area contributed by atoms with Crippen molar-refractivity contribution in [1.29, 1.82) is 0 Å². The average molecular weight is 506 g/mol. The zero-order valence-electron chi connectivity index (χ0n) is 18.4. The highest BCUT2D eigenvalue weighted by atomic mass is 35.5. The average Bonchev–Trinajstić information content (AvgIpc) is 3.49. The van der Waals surface area contributed by atoms with E-state index in [-0.39, 0.29) is 25.0 Å². The molecule has 3 aromatic rings. The number of tetrazole rings is 1. The maximum atomic E-state index is 12.9. The molecule has 0 saturated carbocycles. The van der Waals surface area contributed by atoms with Gasteiger partial charge in [0.1, 0.15) is 18.5 Å². The normalized spacial score (nSPS) is 17.0. The first-order chi connectivity index (χ1) is 16.3. The van der Waals surface area contributed by atoms with Gasteiger partial charge in [-0.15, -0.1) is 10.2 Å². The van der Waals surface area contributed by atoms with Gasteiger partial charge >= 0.3 is 0 Å². The number of amides is 1. The van der Waals surface area contributed by atoms with E-state index in [2.05, 4.69) is 15.4 Å². The number of carbonyl (C=O) groups is 1. The van der Waals surface area contributed by atoms with Crippen LogP contribution < -0.4 is 4.74 Å². The predicted molar refractivity (Wildman–Crippen MR) is 124 cm³/mol. The summed E-state index contributed by atoms with van der Waals surface area (Å²) in [4.78, 5) is 16.0. The molecule has 1 fully saturated rings. The van der Waals surface area contributed by atoms with Crippen molar-refractivity contribution in [2.45, 2.75) is 25.0 Å². The second kappa shape index (κ2) is 10.5. The summed E-state index contributed by atoms with van der Waals surface area (Å²) in [6.45, 7) is 1.33. The molecule has 1 unspecified atom stereocenters. The van der Waals surface area contributed by atoms with Crippen LogP contribution in [-0.2, 0) is 20.8 Å². The molecule has 34 heavy (non-hydrogen) atoms. The van der Waals surface area contributed by atoms with Crippen LogP contribution in [0.5, 0.6) is 5.75 Å². The SMILES string of the molecule is CS(=O)(=O)OC(COc1ccc(C(=O)N2CC[C@H](c3ccc(Cl)cc3)C2)cc1)Cn1ncnn1. The number of aromatic nitrogens is 4. The Kier molecular flexibility index (Phi) is 7.44. The fraction of sp³-hybridized carbons (Fsp3) is 0.364. The summed E-state index contributed by atoms with van der Waals surface area (Å²) in [6, 6.07) is 14.5. The van der Waals surface area contributed by atoms with Crippen LogP contribution in [0.15, 0.2) is 54.9 Å². The highest BCUT2D eigenvalue weighted by Gasteiger charge is 2.28. The van der Waals surface area contributed by atoms with Gasteiger partial charge in [0, 0.05) is 29.6 Å². The van der Waals surface area contributed by atoms with Gasteiger partial charge in [-0.05, 0) is 53.6 Å². The zero-order chi connectivity index (χ0) is 24.1. The molecule has 12 heteroatoms. The van der Waals surface area contributed by atoms with Gasteiger partial charge in [-0.3, -0.25) is 8.98 Å². The summed E-state index contributed by atoms with van der Waals surface area (Å²) < 4.78 is 33.9. The third-order valence-electron chi connectivity index (χ3n) is 5.42. The number of benzene rings is 2. The first-order valence-corrected chi connectivity index (χ1v) is 12.8. The van der Waals surface area contributed by atoms with Crippen molar-refractivity contribution in [3.8, 4) is 5.75 Å². The molecular formula is C22H24ClN5O5S. The highest BCUT2D eigenvalue weighted by Crippen LogP contribution is 2.29. The molecule has 4 rings (SSSR count). The monoisotopic (exact) mass is 505 g/mol. The van der Waals surface area contributed by atoms with E-state index in [1.54, 1.807) is 24.3 Å². The van der Waals surface area contributed by atoms with E-state index in [1.165, 1.54) is 16.7 Å². The molecular weight excluding hydrogens is 482 g/mol. The topological polar surface area (TPSA) is 117 Å². The molecule has 1 aromatic heterocycles. The van der Waals surface area contributed by atoms with E-state index in [1.807, 2.05) is 29.2 Å². The molecule has 2 atom stereocenters. The minimum absolute atomic E-state index is 0.0430. The summed E-state index contributed by atoms with van der Waals surface area (Å²) in [6.07, 6.45) is 2.26. The number of nitrogens with zero attached hydrogens (tertiary/aromatic N) is 5. The Morgan fingerprint density at radius 1 is 1.18 bits per heavy atom. The first-order valence-electron chi connectivity index (χ1n) is 10.6. The highest BCUT2D eigenvalue weighted by molar-refractivity contribution is 7.86. The number of likely N-dealkylation sites (tertiary alicyclic amines) is 1. The molecule has 180 valence electrons. The fourth-order valence-electron chi connectivity index (χ4n) is 3.83. The molecule has 1 aliphatic heterocycles. The minimum Gasteiger partial charge on any atom is -0.491 e. The van der Waals surface area contributed by atoms with Gasteiger partial charge in [-0.2, -0.15) is 13.2 Å². The Labute approximate surface area is 202 Å².